The number of thiophene rings is 1. The first-order valence-electron chi connectivity index (χ1n) is 15.2. The Labute approximate surface area is 267 Å². The maximum absolute atomic E-state index is 3.48. The maximum atomic E-state index is 3.48. The topological polar surface area (TPSA) is 15.3 Å². The van der Waals surface area contributed by atoms with Gasteiger partial charge in [-0.25, -0.2) is 0 Å². The molecule has 0 aliphatic carbocycles. The SMILES string of the molecule is c1ccc(Nc2ccc(-c3ccc4sc5ccc(-c6ccc(N(c7ccccc7)c7ccccc7)cc6)cc5c4c3)cc2)cc1. The third-order valence-corrected chi connectivity index (χ3v) is 9.39. The highest BCUT2D eigenvalue weighted by Gasteiger charge is 2.13. The zero-order valence-electron chi connectivity index (χ0n) is 24.6. The van der Waals surface area contributed by atoms with Gasteiger partial charge in [0.15, 0.2) is 0 Å². The molecule has 0 saturated heterocycles. The fraction of sp³-hybridized carbons (Fsp3) is 0. The van der Waals surface area contributed by atoms with Crippen LogP contribution in [0.4, 0.5) is 28.4 Å². The molecule has 1 N–H and O–H groups in total. The molecule has 2 nitrogen and oxygen atoms in total. The van der Waals surface area contributed by atoms with E-state index in [2.05, 4.69) is 168 Å². The van der Waals surface area contributed by atoms with Crippen molar-refractivity contribution in [1.82, 2.24) is 0 Å². The van der Waals surface area contributed by atoms with Gasteiger partial charge in [0.25, 0.3) is 0 Å². The summed E-state index contributed by atoms with van der Waals surface area (Å²) in [4.78, 5) is 2.30. The lowest BCUT2D eigenvalue weighted by Gasteiger charge is -2.25. The Morgan fingerprint density at radius 2 is 0.756 bits per heavy atom. The van der Waals surface area contributed by atoms with E-state index in [9.17, 15) is 0 Å². The summed E-state index contributed by atoms with van der Waals surface area (Å²) in [5.74, 6) is 0. The lowest BCUT2D eigenvalue weighted by Crippen LogP contribution is -2.09. The minimum atomic E-state index is 1.08. The van der Waals surface area contributed by atoms with Crippen molar-refractivity contribution in [2.24, 2.45) is 0 Å². The van der Waals surface area contributed by atoms with Crippen LogP contribution in [0.15, 0.2) is 176 Å². The minimum absolute atomic E-state index is 1.08. The second kappa shape index (κ2) is 11.8. The third kappa shape index (κ3) is 5.46. The van der Waals surface area contributed by atoms with Crippen molar-refractivity contribution in [3.8, 4) is 22.3 Å². The van der Waals surface area contributed by atoms with E-state index >= 15 is 0 Å². The van der Waals surface area contributed by atoms with E-state index in [4.69, 9.17) is 0 Å². The molecule has 7 aromatic carbocycles. The molecule has 214 valence electrons. The first-order chi connectivity index (χ1) is 22.3. The molecule has 0 radical (unpaired) electrons. The van der Waals surface area contributed by atoms with Gasteiger partial charge < -0.3 is 10.2 Å². The van der Waals surface area contributed by atoms with Gasteiger partial charge in [0.05, 0.1) is 0 Å². The second-order valence-corrected chi connectivity index (χ2v) is 12.2. The number of hydrogen-bond donors (Lipinski definition) is 1. The van der Waals surface area contributed by atoms with Crippen molar-refractivity contribution < 1.29 is 0 Å². The Kier molecular flexibility index (Phi) is 7.07. The normalized spacial score (nSPS) is 11.1. The molecule has 0 unspecified atom stereocenters. The Morgan fingerprint density at radius 1 is 0.356 bits per heavy atom. The zero-order chi connectivity index (χ0) is 30.0. The van der Waals surface area contributed by atoms with Crippen LogP contribution in [0.2, 0.25) is 0 Å². The lowest BCUT2D eigenvalue weighted by atomic mass is 10.00. The first-order valence-corrected chi connectivity index (χ1v) is 16.0. The van der Waals surface area contributed by atoms with Crippen LogP contribution in [-0.4, -0.2) is 0 Å². The molecule has 0 aliphatic rings. The highest BCUT2D eigenvalue weighted by Crippen LogP contribution is 2.40. The molecule has 0 aliphatic heterocycles. The summed E-state index contributed by atoms with van der Waals surface area (Å²) < 4.78 is 2.62. The molecule has 45 heavy (non-hydrogen) atoms. The number of benzene rings is 7. The summed E-state index contributed by atoms with van der Waals surface area (Å²) in [6.07, 6.45) is 0. The fourth-order valence-corrected chi connectivity index (χ4v) is 7.04. The van der Waals surface area contributed by atoms with Crippen LogP contribution >= 0.6 is 11.3 Å². The van der Waals surface area contributed by atoms with Crippen molar-refractivity contribution in [3.05, 3.63) is 176 Å². The largest absolute Gasteiger partial charge is 0.356 e. The highest BCUT2D eigenvalue weighted by molar-refractivity contribution is 7.25. The van der Waals surface area contributed by atoms with Gasteiger partial charge in [-0.05, 0) is 107 Å². The van der Waals surface area contributed by atoms with Crippen LogP contribution in [0.25, 0.3) is 42.4 Å². The van der Waals surface area contributed by atoms with E-state index in [0.29, 0.717) is 0 Å². The number of para-hydroxylation sites is 3. The van der Waals surface area contributed by atoms with Gasteiger partial charge in [-0.3, -0.25) is 0 Å². The average Bonchev–Trinajstić information content (AvgIpc) is 3.48. The smallest absolute Gasteiger partial charge is 0.0462 e. The van der Waals surface area contributed by atoms with Gasteiger partial charge in [0, 0.05) is 48.6 Å². The van der Waals surface area contributed by atoms with Gasteiger partial charge in [0.2, 0.25) is 0 Å². The molecule has 0 atom stereocenters. The Balaban J connectivity index is 1.11. The monoisotopic (exact) mass is 594 g/mol. The molecular weight excluding hydrogens is 565 g/mol. The van der Waals surface area contributed by atoms with Crippen LogP contribution < -0.4 is 10.2 Å². The fourth-order valence-electron chi connectivity index (χ4n) is 5.97. The predicted molar refractivity (Wildman–Crippen MR) is 195 cm³/mol. The number of anilines is 5. The lowest BCUT2D eigenvalue weighted by molar-refractivity contribution is 1.28. The standard InChI is InChI=1S/C42H30N2S/c1-4-10-34(11-5-1)43-35-22-16-30(17-23-35)32-20-26-41-39(28-32)40-29-33(21-27-42(40)45-41)31-18-24-38(25-19-31)44(36-12-6-2-7-13-36)37-14-8-3-9-15-37/h1-29,43H. The molecule has 0 spiro atoms. The van der Waals surface area contributed by atoms with Crippen LogP contribution in [-0.2, 0) is 0 Å². The van der Waals surface area contributed by atoms with E-state index in [1.54, 1.807) is 0 Å². The van der Waals surface area contributed by atoms with Gasteiger partial charge in [-0.15, -0.1) is 11.3 Å². The van der Waals surface area contributed by atoms with Gasteiger partial charge in [-0.1, -0.05) is 91.0 Å². The molecule has 0 saturated carbocycles. The van der Waals surface area contributed by atoms with E-state index in [1.165, 1.54) is 42.4 Å². The average molecular weight is 595 g/mol. The number of hydrogen-bond acceptors (Lipinski definition) is 3. The molecule has 8 rings (SSSR count). The summed E-state index contributed by atoms with van der Waals surface area (Å²) in [7, 11) is 0. The molecule has 3 heteroatoms. The van der Waals surface area contributed by atoms with Crippen molar-refractivity contribution in [1.29, 1.82) is 0 Å². The number of fused-ring (bicyclic) bond motifs is 3. The van der Waals surface area contributed by atoms with Gasteiger partial charge >= 0.3 is 0 Å². The van der Waals surface area contributed by atoms with E-state index < -0.39 is 0 Å². The van der Waals surface area contributed by atoms with Crippen LogP contribution in [0.5, 0.6) is 0 Å². The maximum Gasteiger partial charge on any atom is 0.0462 e. The summed E-state index contributed by atoms with van der Waals surface area (Å²) in [5, 5.41) is 6.08. The van der Waals surface area contributed by atoms with Gasteiger partial charge in [0.1, 0.15) is 0 Å². The van der Waals surface area contributed by atoms with Crippen LogP contribution in [0.3, 0.4) is 0 Å². The summed E-state index contributed by atoms with van der Waals surface area (Å²) in [6, 6.07) is 62.7. The first kappa shape index (κ1) is 26.9. The third-order valence-electron chi connectivity index (χ3n) is 8.24. The minimum Gasteiger partial charge on any atom is -0.356 e. The summed E-state index contributed by atoms with van der Waals surface area (Å²) in [6.45, 7) is 0. The van der Waals surface area contributed by atoms with Crippen LogP contribution in [0.1, 0.15) is 0 Å². The number of rotatable bonds is 7. The van der Waals surface area contributed by atoms with E-state index in [1.807, 2.05) is 29.5 Å². The molecule has 1 aromatic heterocycles. The second-order valence-electron chi connectivity index (χ2n) is 11.1. The molecule has 0 bridgehead atoms. The summed E-state index contributed by atoms with van der Waals surface area (Å²) >= 11 is 1.86. The molecule has 0 amide bonds. The molecule has 1 heterocycles. The molecule has 8 aromatic rings. The van der Waals surface area contributed by atoms with E-state index in [-0.39, 0.29) is 0 Å². The van der Waals surface area contributed by atoms with Crippen molar-refractivity contribution >= 4 is 59.9 Å². The zero-order valence-corrected chi connectivity index (χ0v) is 25.4. The Bertz CT molecular complexity index is 2160. The van der Waals surface area contributed by atoms with Crippen molar-refractivity contribution in [3.63, 3.8) is 0 Å². The highest BCUT2D eigenvalue weighted by atomic mass is 32.1. The van der Waals surface area contributed by atoms with Crippen molar-refractivity contribution in [2.45, 2.75) is 0 Å². The number of nitrogens with zero attached hydrogens (tertiary/aromatic N) is 1. The molecule has 0 fully saturated rings. The summed E-state index contributed by atoms with van der Waals surface area (Å²) in [5.41, 5.74) is 10.5. The Morgan fingerprint density at radius 3 is 1.27 bits per heavy atom. The van der Waals surface area contributed by atoms with E-state index in [0.717, 1.165) is 28.4 Å². The molecular formula is C42H30N2S. The quantitative estimate of drug-likeness (QED) is 0.197. The van der Waals surface area contributed by atoms with Crippen LogP contribution in [0, 0.1) is 0 Å². The van der Waals surface area contributed by atoms with Gasteiger partial charge in [-0.2, -0.15) is 0 Å². The predicted octanol–water partition coefficient (Wildman–Crippen LogP) is 12.6. The number of nitrogens with one attached hydrogen (secondary N) is 1. The van der Waals surface area contributed by atoms with Crippen molar-refractivity contribution in [2.75, 3.05) is 10.2 Å². The Hall–Kier alpha value is -5.64.